The summed E-state index contributed by atoms with van der Waals surface area (Å²) in [6.45, 7) is 5.52. The van der Waals surface area contributed by atoms with Gasteiger partial charge in [-0.15, -0.1) is 0 Å². The number of anilines is 1. The van der Waals surface area contributed by atoms with Gasteiger partial charge in [-0.05, 0) is 37.0 Å². The average Bonchev–Trinajstić information content (AvgIpc) is 3.12. The van der Waals surface area contributed by atoms with Gasteiger partial charge in [0.25, 0.3) is 5.91 Å². The Balaban J connectivity index is 2.03. The van der Waals surface area contributed by atoms with Crippen LogP contribution in [0.4, 0.5) is 11.6 Å². The van der Waals surface area contributed by atoms with Crippen molar-refractivity contribution in [2.45, 2.75) is 39.2 Å². The molecule has 138 valence electrons. The summed E-state index contributed by atoms with van der Waals surface area (Å²) in [5, 5.41) is 13.3. The second kappa shape index (κ2) is 8.28. The van der Waals surface area contributed by atoms with E-state index in [0.717, 1.165) is 24.1 Å². The molecule has 8 heteroatoms. The number of amides is 1. The van der Waals surface area contributed by atoms with Crippen LogP contribution in [0.3, 0.4) is 0 Å². The van der Waals surface area contributed by atoms with E-state index < -0.39 is 28.8 Å². The molecule has 0 aliphatic heterocycles. The molecule has 2 rings (SSSR count). The number of ether oxygens (including phenoxy) is 1. The van der Waals surface area contributed by atoms with Gasteiger partial charge >= 0.3 is 11.9 Å². The molecular formula is C18H20N2O6. The second-order valence-corrected chi connectivity index (χ2v) is 5.83. The number of esters is 1. The van der Waals surface area contributed by atoms with Gasteiger partial charge in [-0.3, -0.25) is 14.9 Å². The smallest absolute Gasteiger partial charge is 0.433 e. The Labute approximate surface area is 150 Å². The van der Waals surface area contributed by atoms with E-state index in [0.29, 0.717) is 5.69 Å². The first-order valence-corrected chi connectivity index (χ1v) is 8.18. The summed E-state index contributed by atoms with van der Waals surface area (Å²) in [7, 11) is 0. The molecule has 0 aliphatic rings. The van der Waals surface area contributed by atoms with Gasteiger partial charge in [0.05, 0.1) is 6.07 Å². The first kappa shape index (κ1) is 19.2. The molecule has 0 unspecified atom stereocenters. The topological polar surface area (TPSA) is 112 Å². The predicted molar refractivity (Wildman–Crippen MR) is 94.0 cm³/mol. The summed E-state index contributed by atoms with van der Waals surface area (Å²) in [5.41, 5.74) is 1.65. The van der Waals surface area contributed by atoms with E-state index in [1.54, 1.807) is 12.1 Å². The Kier molecular flexibility index (Phi) is 6.11. The van der Waals surface area contributed by atoms with Gasteiger partial charge in [-0.25, -0.2) is 4.79 Å². The zero-order valence-electron chi connectivity index (χ0n) is 14.7. The number of furan rings is 1. The molecule has 1 amide bonds. The molecule has 2 atom stereocenters. The SMILES string of the molecule is CC[C@H](C)c1ccccc1NC(=O)[C@@H](C)OC(=O)c1ccc([N+](=O)[O-])o1. The predicted octanol–water partition coefficient (Wildman–Crippen LogP) is 3.89. The van der Waals surface area contributed by atoms with Crippen LogP contribution in [0.5, 0.6) is 0 Å². The van der Waals surface area contributed by atoms with Crippen molar-refractivity contribution in [2.24, 2.45) is 0 Å². The van der Waals surface area contributed by atoms with Gasteiger partial charge in [0.2, 0.25) is 5.76 Å². The fourth-order valence-electron chi connectivity index (χ4n) is 2.30. The third kappa shape index (κ3) is 4.47. The average molecular weight is 360 g/mol. The van der Waals surface area contributed by atoms with Crippen LogP contribution in [0.25, 0.3) is 0 Å². The van der Waals surface area contributed by atoms with Crippen molar-refractivity contribution in [1.82, 2.24) is 0 Å². The summed E-state index contributed by atoms with van der Waals surface area (Å²) in [6.07, 6.45) is -0.189. The number of carbonyl (C=O) groups is 2. The van der Waals surface area contributed by atoms with Crippen LogP contribution in [0.15, 0.2) is 40.8 Å². The number of nitro groups is 1. The molecule has 0 saturated heterocycles. The second-order valence-electron chi connectivity index (χ2n) is 5.83. The summed E-state index contributed by atoms with van der Waals surface area (Å²) in [6, 6.07) is 9.59. The zero-order valence-corrected chi connectivity index (χ0v) is 14.7. The van der Waals surface area contributed by atoms with Crippen molar-refractivity contribution < 1.29 is 23.7 Å². The molecule has 0 saturated carbocycles. The fraction of sp³-hybridized carbons (Fsp3) is 0.333. The Hall–Kier alpha value is -3.16. The number of benzene rings is 1. The highest BCUT2D eigenvalue weighted by Gasteiger charge is 2.24. The lowest BCUT2D eigenvalue weighted by Gasteiger charge is -2.17. The minimum atomic E-state index is -1.10. The number of nitrogens with zero attached hydrogens (tertiary/aromatic N) is 1. The number of hydrogen-bond acceptors (Lipinski definition) is 6. The Morgan fingerprint density at radius 1 is 1.23 bits per heavy atom. The van der Waals surface area contributed by atoms with Crippen molar-refractivity contribution in [3.8, 4) is 0 Å². The van der Waals surface area contributed by atoms with Gasteiger partial charge < -0.3 is 14.5 Å². The molecule has 8 nitrogen and oxygen atoms in total. The Bertz CT molecular complexity index is 814. The van der Waals surface area contributed by atoms with E-state index in [1.807, 2.05) is 12.1 Å². The number of carbonyl (C=O) groups excluding carboxylic acids is 2. The van der Waals surface area contributed by atoms with Gasteiger partial charge in [-0.2, -0.15) is 0 Å². The minimum Gasteiger partial charge on any atom is -0.447 e. The zero-order chi connectivity index (χ0) is 19.3. The summed E-state index contributed by atoms with van der Waals surface area (Å²) in [4.78, 5) is 34.1. The summed E-state index contributed by atoms with van der Waals surface area (Å²) in [5.74, 6) is -2.10. The van der Waals surface area contributed by atoms with Crippen LogP contribution >= 0.6 is 0 Å². The number of rotatable bonds is 7. The van der Waals surface area contributed by atoms with Crippen molar-refractivity contribution >= 4 is 23.4 Å². The van der Waals surface area contributed by atoms with Crippen LogP contribution < -0.4 is 5.32 Å². The molecule has 2 aromatic rings. The van der Waals surface area contributed by atoms with Crippen molar-refractivity contribution in [3.63, 3.8) is 0 Å². The molecule has 0 radical (unpaired) electrons. The van der Waals surface area contributed by atoms with E-state index in [1.165, 1.54) is 6.92 Å². The standard InChI is InChI=1S/C18H20N2O6/c1-4-11(2)13-7-5-6-8-14(13)19-17(21)12(3)25-18(22)15-9-10-16(26-15)20(23)24/h5-12H,4H2,1-3H3,(H,19,21)/t11-,12+/m0/s1. The third-order valence-corrected chi connectivity index (χ3v) is 3.99. The Morgan fingerprint density at radius 3 is 2.54 bits per heavy atom. The van der Waals surface area contributed by atoms with Crippen LogP contribution in [0.2, 0.25) is 0 Å². The number of nitrogens with one attached hydrogen (secondary N) is 1. The number of hydrogen-bond donors (Lipinski definition) is 1. The monoisotopic (exact) mass is 360 g/mol. The fourth-order valence-corrected chi connectivity index (χ4v) is 2.30. The lowest BCUT2D eigenvalue weighted by atomic mass is 9.97. The van der Waals surface area contributed by atoms with Crippen molar-refractivity contribution in [2.75, 3.05) is 5.32 Å². The van der Waals surface area contributed by atoms with Crippen LogP contribution in [-0.4, -0.2) is 22.9 Å². The van der Waals surface area contributed by atoms with Crippen molar-refractivity contribution in [1.29, 1.82) is 0 Å². The highest BCUT2D eigenvalue weighted by Crippen LogP contribution is 2.26. The molecule has 0 aliphatic carbocycles. The summed E-state index contributed by atoms with van der Waals surface area (Å²) < 4.78 is 9.79. The van der Waals surface area contributed by atoms with Crippen LogP contribution in [-0.2, 0) is 9.53 Å². The molecule has 0 spiro atoms. The first-order chi connectivity index (χ1) is 12.3. The molecule has 1 N–H and O–H groups in total. The van der Waals surface area contributed by atoms with Gasteiger partial charge in [-0.1, -0.05) is 32.0 Å². The van der Waals surface area contributed by atoms with E-state index >= 15 is 0 Å². The van der Waals surface area contributed by atoms with Gasteiger partial charge in [0.1, 0.15) is 4.92 Å². The largest absolute Gasteiger partial charge is 0.447 e. The first-order valence-electron chi connectivity index (χ1n) is 8.18. The molecule has 26 heavy (non-hydrogen) atoms. The number of para-hydroxylation sites is 1. The molecule has 1 heterocycles. The van der Waals surface area contributed by atoms with E-state index in [9.17, 15) is 19.7 Å². The summed E-state index contributed by atoms with van der Waals surface area (Å²) >= 11 is 0. The molecular weight excluding hydrogens is 340 g/mol. The molecule has 1 aromatic heterocycles. The maximum Gasteiger partial charge on any atom is 0.433 e. The third-order valence-electron chi connectivity index (χ3n) is 3.99. The van der Waals surface area contributed by atoms with Gasteiger partial charge in [0, 0.05) is 5.69 Å². The highest BCUT2D eigenvalue weighted by molar-refractivity contribution is 5.97. The maximum atomic E-state index is 12.3. The minimum absolute atomic E-state index is 0.257. The lowest BCUT2D eigenvalue weighted by molar-refractivity contribution is -0.402. The highest BCUT2D eigenvalue weighted by atomic mass is 16.7. The van der Waals surface area contributed by atoms with E-state index in [-0.39, 0.29) is 11.7 Å². The van der Waals surface area contributed by atoms with E-state index in [4.69, 9.17) is 9.15 Å². The normalized spacial score (nSPS) is 12.9. The molecule has 0 bridgehead atoms. The van der Waals surface area contributed by atoms with Crippen molar-refractivity contribution in [3.05, 3.63) is 57.8 Å². The van der Waals surface area contributed by atoms with E-state index in [2.05, 4.69) is 19.2 Å². The van der Waals surface area contributed by atoms with Crippen LogP contribution in [0.1, 0.15) is 49.2 Å². The maximum absolute atomic E-state index is 12.3. The Morgan fingerprint density at radius 2 is 1.92 bits per heavy atom. The molecule has 0 fully saturated rings. The molecule has 1 aromatic carbocycles. The van der Waals surface area contributed by atoms with Gasteiger partial charge in [0.15, 0.2) is 6.10 Å². The quantitative estimate of drug-likeness (QED) is 0.455. The lowest BCUT2D eigenvalue weighted by Crippen LogP contribution is -2.30. The van der Waals surface area contributed by atoms with Crippen LogP contribution in [0, 0.1) is 10.1 Å².